The van der Waals surface area contributed by atoms with Crippen molar-refractivity contribution in [2.45, 2.75) is 18.4 Å². The van der Waals surface area contributed by atoms with Crippen LogP contribution in [-0.4, -0.2) is 8.42 Å². The van der Waals surface area contributed by atoms with Crippen LogP contribution < -0.4 is 4.72 Å². The molecule has 0 fully saturated rings. The summed E-state index contributed by atoms with van der Waals surface area (Å²) in [6, 6.07) is 5.04. The summed E-state index contributed by atoms with van der Waals surface area (Å²) in [5.74, 6) is 0.584. The number of nitrogens with one attached hydrogen (secondary N) is 1. The first-order chi connectivity index (χ1) is 7.99. The predicted octanol–water partition coefficient (Wildman–Crippen LogP) is 2.89. The van der Waals surface area contributed by atoms with Crippen LogP contribution >= 0.6 is 27.3 Å². The third-order valence-electron chi connectivity index (χ3n) is 2.15. The SMILES string of the molecule is Cc1sc(Br)cc1S(=O)(=O)NCc1ccco1. The van der Waals surface area contributed by atoms with Crippen molar-refractivity contribution in [1.82, 2.24) is 4.72 Å². The fourth-order valence-corrected chi connectivity index (χ4v) is 4.76. The molecule has 0 radical (unpaired) electrons. The van der Waals surface area contributed by atoms with Crippen molar-refractivity contribution in [2.24, 2.45) is 0 Å². The molecule has 0 spiro atoms. The van der Waals surface area contributed by atoms with Gasteiger partial charge in [-0.1, -0.05) is 0 Å². The topological polar surface area (TPSA) is 59.3 Å². The lowest BCUT2D eigenvalue weighted by Crippen LogP contribution is -2.23. The molecule has 0 aliphatic heterocycles. The van der Waals surface area contributed by atoms with Crippen LogP contribution in [0.4, 0.5) is 0 Å². The lowest BCUT2D eigenvalue weighted by molar-refractivity contribution is 0.498. The summed E-state index contributed by atoms with van der Waals surface area (Å²) >= 11 is 4.67. The van der Waals surface area contributed by atoms with E-state index in [1.807, 2.05) is 0 Å². The summed E-state index contributed by atoms with van der Waals surface area (Å²) in [6.07, 6.45) is 1.51. The van der Waals surface area contributed by atoms with Crippen LogP contribution in [0.5, 0.6) is 0 Å². The first-order valence-electron chi connectivity index (χ1n) is 4.77. The first kappa shape index (κ1) is 12.8. The van der Waals surface area contributed by atoms with Gasteiger partial charge in [0, 0.05) is 4.88 Å². The van der Waals surface area contributed by atoms with Gasteiger partial charge < -0.3 is 4.42 Å². The zero-order valence-electron chi connectivity index (χ0n) is 8.94. The van der Waals surface area contributed by atoms with Crippen molar-refractivity contribution in [3.05, 3.63) is 38.9 Å². The van der Waals surface area contributed by atoms with Gasteiger partial charge in [0.1, 0.15) is 5.76 Å². The van der Waals surface area contributed by atoms with E-state index in [4.69, 9.17) is 4.42 Å². The zero-order valence-corrected chi connectivity index (χ0v) is 12.2. The lowest BCUT2D eigenvalue weighted by Gasteiger charge is -2.04. The van der Waals surface area contributed by atoms with E-state index in [9.17, 15) is 8.42 Å². The molecule has 0 saturated heterocycles. The van der Waals surface area contributed by atoms with E-state index in [-0.39, 0.29) is 6.54 Å². The second kappa shape index (κ2) is 4.93. The normalized spacial score (nSPS) is 11.9. The number of rotatable bonds is 4. The Kier molecular flexibility index (Phi) is 3.72. The fourth-order valence-electron chi connectivity index (χ4n) is 1.35. The highest BCUT2D eigenvalue weighted by molar-refractivity contribution is 9.11. The molecule has 7 heteroatoms. The summed E-state index contributed by atoms with van der Waals surface area (Å²) in [7, 11) is -3.48. The molecular formula is C10H10BrNO3S2. The quantitative estimate of drug-likeness (QED) is 0.934. The van der Waals surface area contributed by atoms with Gasteiger partial charge in [0.2, 0.25) is 10.0 Å². The standard InChI is InChI=1S/C10H10BrNO3S2/c1-7-9(5-10(11)16-7)17(13,14)12-6-8-3-2-4-15-8/h2-5,12H,6H2,1H3. The predicted molar refractivity (Wildman–Crippen MR) is 69.5 cm³/mol. The highest BCUT2D eigenvalue weighted by Gasteiger charge is 2.19. The number of furan rings is 1. The van der Waals surface area contributed by atoms with Crippen molar-refractivity contribution < 1.29 is 12.8 Å². The molecule has 0 aliphatic rings. The maximum atomic E-state index is 12.0. The third kappa shape index (κ3) is 2.98. The van der Waals surface area contributed by atoms with Crippen molar-refractivity contribution in [1.29, 1.82) is 0 Å². The van der Waals surface area contributed by atoms with Gasteiger partial charge in [0.15, 0.2) is 0 Å². The Morgan fingerprint density at radius 1 is 1.53 bits per heavy atom. The fraction of sp³-hybridized carbons (Fsp3) is 0.200. The Balaban J connectivity index is 2.17. The highest BCUT2D eigenvalue weighted by atomic mass is 79.9. The van der Waals surface area contributed by atoms with E-state index < -0.39 is 10.0 Å². The van der Waals surface area contributed by atoms with Gasteiger partial charge >= 0.3 is 0 Å². The molecule has 4 nitrogen and oxygen atoms in total. The van der Waals surface area contributed by atoms with Crippen LogP contribution in [-0.2, 0) is 16.6 Å². The lowest BCUT2D eigenvalue weighted by atomic mass is 10.5. The third-order valence-corrected chi connectivity index (χ3v) is 5.36. The zero-order chi connectivity index (χ0) is 12.5. The molecule has 1 N–H and O–H groups in total. The number of aryl methyl sites for hydroxylation is 1. The summed E-state index contributed by atoms with van der Waals surface area (Å²) in [6.45, 7) is 1.93. The smallest absolute Gasteiger partial charge is 0.242 e. The molecule has 2 rings (SSSR count). The molecule has 0 amide bonds. The average molecular weight is 336 g/mol. The van der Waals surface area contributed by atoms with Gasteiger partial charge in [0.05, 0.1) is 21.5 Å². The number of halogens is 1. The second-order valence-electron chi connectivity index (χ2n) is 3.37. The molecule has 2 heterocycles. The van der Waals surface area contributed by atoms with E-state index >= 15 is 0 Å². The minimum atomic E-state index is -3.48. The van der Waals surface area contributed by atoms with Gasteiger partial charge in [-0.3, -0.25) is 0 Å². The summed E-state index contributed by atoms with van der Waals surface area (Å²) in [4.78, 5) is 1.06. The van der Waals surface area contributed by atoms with Crippen LogP contribution in [0.15, 0.2) is 37.6 Å². The summed E-state index contributed by atoms with van der Waals surface area (Å²) in [5, 5.41) is 0. The van der Waals surface area contributed by atoms with Crippen LogP contribution in [0.1, 0.15) is 10.6 Å². The molecule has 0 bridgehead atoms. The molecule has 0 unspecified atom stereocenters. The van der Waals surface area contributed by atoms with Gasteiger partial charge in [-0.15, -0.1) is 11.3 Å². The van der Waals surface area contributed by atoms with Gasteiger partial charge in [-0.25, -0.2) is 13.1 Å². The van der Waals surface area contributed by atoms with Crippen molar-refractivity contribution in [3.63, 3.8) is 0 Å². The number of sulfonamides is 1. The molecule has 92 valence electrons. The maximum absolute atomic E-state index is 12.0. The van der Waals surface area contributed by atoms with E-state index in [0.29, 0.717) is 10.7 Å². The van der Waals surface area contributed by atoms with E-state index in [2.05, 4.69) is 20.7 Å². The van der Waals surface area contributed by atoms with E-state index in [1.165, 1.54) is 17.6 Å². The van der Waals surface area contributed by atoms with Crippen molar-refractivity contribution >= 4 is 37.3 Å². The summed E-state index contributed by atoms with van der Waals surface area (Å²) in [5.41, 5.74) is 0. The molecule has 17 heavy (non-hydrogen) atoms. The number of thiophene rings is 1. The van der Waals surface area contributed by atoms with Crippen LogP contribution in [0.2, 0.25) is 0 Å². The number of hydrogen-bond donors (Lipinski definition) is 1. The molecule has 2 aromatic rings. The Morgan fingerprint density at radius 3 is 2.82 bits per heavy atom. The van der Waals surface area contributed by atoms with E-state index in [1.54, 1.807) is 25.1 Å². The van der Waals surface area contributed by atoms with Gasteiger partial charge in [0.25, 0.3) is 0 Å². The molecule has 0 atom stereocenters. The number of hydrogen-bond acceptors (Lipinski definition) is 4. The first-order valence-corrected chi connectivity index (χ1v) is 7.86. The Labute approximate surface area is 112 Å². The monoisotopic (exact) mass is 335 g/mol. The summed E-state index contributed by atoms with van der Waals surface area (Å²) < 4.78 is 32.4. The van der Waals surface area contributed by atoms with Crippen LogP contribution in [0.3, 0.4) is 0 Å². The molecule has 0 aliphatic carbocycles. The second-order valence-corrected chi connectivity index (χ2v) is 7.75. The Hall–Kier alpha value is -0.630. The highest BCUT2D eigenvalue weighted by Crippen LogP contribution is 2.29. The van der Waals surface area contributed by atoms with Crippen LogP contribution in [0.25, 0.3) is 0 Å². The minimum Gasteiger partial charge on any atom is -0.468 e. The van der Waals surface area contributed by atoms with Crippen LogP contribution in [0, 0.1) is 6.92 Å². The van der Waals surface area contributed by atoms with Crippen molar-refractivity contribution in [3.8, 4) is 0 Å². The van der Waals surface area contributed by atoms with Crippen molar-refractivity contribution in [2.75, 3.05) is 0 Å². The Morgan fingerprint density at radius 2 is 2.29 bits per heavy atom. The molecule has 0 saturated carbocycles. The van der Waals surface area contributed by atoms with Gasteiger partial charge in [-0.2, -0.15) is 0 Å². The molecular weight excluding hydrogens is 326 g/mol. The molecule has 2 aromatic heterocycles. The Bertz CT molecular complexity index is 602. The van der Waals surface area contributed by atoms with E-state index in [0.717, 1.165) is 8.66 Å². The largest absolute Gasteiger partial charge is 0.468 e. The molecule has 0 aromatic carbocycles. The average Bonchev–Trinajstić information content (AvgIpc) is 2.85. The van der Waals surface area contributed by atoms with Gasteiger partial charge in [-0.05, 0) is 41.1 Å². The maximum Gasteiger partial charge on any atom is 0.242 e. The minimum absolute atomic E-state index is 0.155.